The quantitative estimate of drug-likeness (QED) is 0.151. The van der Waals surface area contributed by atoms with Crippen LogP contribution in [-0.2, 0) is 24.8 Å². The molecule has 6 nitrogen and oxygen atoms in total. The van der Waals surface area contributed by atoms with Crippen molar-refractivity contribution in [3.05, 3.63) is 84.3 Å². The molecule has 12 heteroatoms. The van der Waals surface area contributed by atoms with Gasteiger partial charge < -0.3 is 0 Å². The van der Waals surface area contributed by atoms with Crippen LogP contribution in [0.25, 0.3) is 20.9 Å². The third-order valence-electron chi connectivity index (χ3n) is 6.36. The normalized spacial score (nSPS) is 14.2. The van der Waals surface area contributed by atoms with E-state index in [0.717, 1.165) is 58.5 Å². The zero-order valence-electron chi connectivity index (χ0n) is 19.2. The second-order valence-corrected chi connectivity index (χ2v) is 11.6. The number of hydrogen-bond acceptors (Lipinski definition) is 7. The van der Waals surface area contributed by atoms with Crippen molar-refractivity contribution in [2.24, 2.45) is 0 Å². The zero-order chi connectivity index (χ0) is 25.7. The van der Waals surface area contributed by atoms with Gasteiger partial charge in [-0.05, 0) is 43.4 Å². The number of thioether (sulfide) groups is 1. The van der Waals surface area contributed by atoms with E-state index >= 15 is 0 Å². The highest BCUT2D eigenvalue weighted by atomic mass is 32.2. The standard InChI is InChI=1S/C25H19F3N4O2S3/c26-25(27,28)16-7-4-5-8-17(16)32-22(34)20-15-6-2-1-3-9-18(15)37-21(20)30-24(32)36-13-14-12-19(33)31-10-11-35-23(31)29-14/h4-5,7-8,10-12H,1-3,6,9,13H2. The summed E-state index contributed by atoms with van der Waals surface area (Å²) < 4.78 is 44.5. The number of halogens is 3. The van der Waals surface area contributed by atoms with Gasteiger partial charge in [-0.1, -0.05) is 30.3 Å². The lowest BCUT2D eigenvalue weighted by molar-refractivity contribution is -0.137. The molecular weight excluding hydrogens is 541 g/mol. The average Bonchev–Trinajstić information content (AvgIpc) is 3.41. The third-order valence-corrected chi connectivity index (χ3v) is 9.28. The fourth-order valence-corrected chi connectivity index (χ4v) is 7.62. The number of para-hydroxylation sites is 1. The second kappa shape index (κ2) is 9.41. The van der Waals surface area contributed by atoms with Gasteiger partial charge in [0.1, 0.15) is 4.83 Å². The molecule has 4 aromatic heterocycles. The van der Waals surface area contributed by atoms with E-state index < -0.39 is 17.3 Å². The van der Waals surface area contributed by atoms with Crippen molar-refractivity contribution < 1.29 is 13.2 Å². The summed E-state index contributed by atoms with van der Waals surface area (Å²) in [5.74, 6) is 0.168. The molecule has 190 valence electrons. The Morgan fingerprint density at radius 3 is 2.70 bits per heavy atom. The molecule has 6 rings (SSSR count). The lowest BCUT2D eigenvalue weighted by Gasteiger charge is -2.17. The Morgan fingerprint density at radius 1 is 1.05 bits per heavy atom. The molecular formula is C25H19F3N4O2S3. The van der Waals surface area contributed by atoms with Crippen LogP contribution >= 0.6 is 34.4 Å². The maximum Gasteiger partial charge on any atom is 0.418 e. The SMILES string of the molecule is O=c1c2c3c(sc2nc(SCc2cc(=O)n4ccsc4n2)n1-c1ccccc1C(F)(F)F)CCCCC3. The molecule has 0 spiro atoms. The van der Waals surface area contributed by atoms with Gasteiger partial charge in [-0.3, -0.25) is 18.6 Å². The minimum atomic E-state index is -4.65. The number of alkyl halides is 3. The van der Waals surface area contributed by atoms with Crippen molar-refractivity contribution in [3.8, 4) is 5.69 Å². The maximum atomic E-state index is 14.0. The number of aryl methyl sites for hydroxylation is 2. The van der Waals surface area contributed by atoms with Crippen LogP contribution in [0.3, 0.4) is 0 Å². The van der Waals surface area contributed by atoms with E-state index in [2.05, 4.69) is 4.98 Å². The molecule has 1 aromatic carbocycles. The number of aromatic nitrogens is 4. The maximum absolute atomic E-state index is 14.0. The van der Waals surface area contributed by atoms with Gasteiger partial charge in [0.25, 0.3) is 11.1 Å². The predicted octanol–water partition coefficient (Wildman–Crippen LogP) is 6.10. The van der Waals surface area contributed by atoms with Crippen molar-refractivity contribution in [2.75, 3.05) is 0 Å². The first-order chi connectivity index (χ1) is 17.8. The molecule has 0 N–H and O–H groups in total. The van der Waals surface area contributed by atoms with Crippen molar-refractivity contribution in [2.45, 2.75) is 49.2 Å². The minimum absolute atomic E-state index is 0.138. The summed E-state index contributed by atoms with van der Waals surface area (Å²) in [6, 6.07) is 6.46. The molecule has 0 radical (unpaired) electrons. The Hall–Kier alpha value is -2.96. The second-order valence-electron chi connectivity index (χ2n) is 8.72. The van der Waals surface area contributed by atoms with Gasteiger partial charge in [0.15, 0.2) is 10.1 Å². The molecule has 37 heavy (non-hydrogen) atoms. The Morgan fingerprint density at radius 2 is 1.86 bits per heavy atom. The van der Waals surface area contributed by atoms with E-state index in [1.165, 1.54) is 51.3 Å². The van der Waals surface area contributed by atoms with E-state index in [1.54, 1.807) is 11.6 Å². The summed E-state index contributed by atoms with van der Waals surface area (Å²) in [5.41, 5.74) is -0.519. The summed E-state index contributed by atoms with van der Waals surface area (Å²) in [6.45, 7) is 0. The third kappa shape index (κ3) is 4.40. The van der Waals surface area contributed by atoms with Crippen LogP contribution in [-0.4, -0.2) is 18.9 Å². The van der Waals surface area contributed by atoms with Gasteiger partial charge in [0.05, 0.1) is 22.3 Å². The van der Waals surface area contributed by atoms with E-state index in [9.17, 15) is 22.8 Å². The summed E-state index contributed by atoms with van der Waals surface area (Å²) in [7, 11) is 0. The number of thiophene rings is 1. The topological polar surface area (TPSA) is 69.3 Å². The molecule has 0 atom stereocenters. The molecule has 0 amide bonds. The van der Waals surface area contributed by atoms with Crippen molar-refractivity contribution >= 4 is 49.6 Å². The lowest BCUT2D eigenvalue weighted by Crippen LogP contribution is -2.25. The molecule has 1 aliphatic carbocycles. The van der Waals surface area contributed by atoms with Crippen LogP contribution in [0.2, 0.25) is 0 Å². The van der Waals surface area contributed by atoms with Crippen LogP contribution in [0.5, 0.6) is 0 Å². The molecule has 0 saturated heterocycles. The molecule has 4 heterocycles. The van der Waals surface area contributed by atoms with Gasteiger partial charge >= 0.3 is 6.18 Å². The number of fused-ring (bicyclic) bond motifs is 4. The molecule has 0 bridgehead atoms. The number of nitrogens with zero attached hydrogens (tertiary/aromatic N) is 4. The Kier molecular flexibility index (Phi) is 6.20. The van der Waals surface area contributed by atoms with Crippen molar-refractivity contribution in [3.63, 3.8) is 0 Å². The van der Waals surface area contributed by atoms with Crippen LogP contribution in [0.1, 0.15) is 41.0 Å². The van der Waals surface area contributed by atoms with Crippen LogP contribution in [0.4, 0.5) is 13.2 Å². The van der Waals surface area contributed by atoms with E-state index in [0.29, 0.717) is 27.3 Å². The Balaban J connectivity index is 1.54. The fraction of sp³-hybridized carbons (Fsp3) is 0.280. The van der Waals surface area contributed by atoms with Crippen molar-refractivity contribution in [1.29, 1.82) is 0 Å². The van der Waals surface area contributed by atoms with Gasteiger partial charge in [0.2, 0.25) is 0 Å². The minimum Gasteiger partial charge on any atom is -0.269 e. The average molecular weight is 561 g/mol. The molecule has 0 unspecified atom stereocenters. The zero-order valence-corrected chi connectivity index (χ0v) is 21.7. The summed E-state index contributed by atoms with van der Waals surface area (Å²) >= 11 is 3.86. The van der Waals surface area contributed by atoms with Gasteiger partial charge in [-0.25, -0.2) is 9.97 Å². The van der Waals surface area contributed by atoms with Gasteiger partial charge in [-0.15, -0.1) is 22.7 Å². The molecule has 5 aromatic rings. The molecule has 0 fully saturated rings. The van der Waals surface area contributed by atoms with Gasteiger partial charge in [-0.2, -0.15) is 13.2 Å². The van der Waals surface area contributed by atoms with Crippen LogP contribution < -0.4 is 11.1 Å². The predicted molar refractivity (Wildman–Crippen MR) is 140 cm³/mol. The number of benzene rings is 1. The molecule has 0 aliphatic heterocycles. The highest BCUT2D eigenvalue weighted by Gasteiger charge is 2.35. The fourth-order valence-electron chi connectivity index (χ4n) is 4.68. The first kappa shape index (κ1) is 24.4. The van der Waals surface area contributed by atoms with Crippen LogP contribution in [0, 0.1) is 0 Å². The van der Waals surface area contributed by atoms with Crippen LogP contribution in [0.15, 0.2) is 56.7 Å². The van der Waals surface area contributed by atoms with E-state index in [-0.39, 0.29) is 22.2 Å². The largest absolute Gasteiger partial charge is 0.418 e. The lowest BCUT2D eigenvalue weighted by atomic mass is 10.1. The molecule has 1 aliphatic rings. The molecule has 0 saturated carbocycles. The smallest absolute Gasteiger partial charge is 0.269 e. The Labute approximate surface area is 220 Å². The van der Waals surface area contributed by atoms with Crippen molar-refractivity contribution in [1.82, 2.24) is 18.9 Å². The highest BCUT2D eigenvalue weighted by molar-refractivity contribution is 7.98. The van der Waals surface area contributed by atoms with E-state index in [4.69, 9.17) is 4.98 Å². The first-order valence-electron chi connectivity index (χ1n) is 11.6. The monoisotopic (exact) mass is 560 g/mol. The number of rotatable bonds is 4. The summed E-state index contributed by atoms with van der Waals surface area (Å²) in [6.07, 6.45) is 1.53. The highest BCUT2D eigenvalue weighted by Crippen LogP contribution is 2.38. The number of hydrogen-bond donors (Lipinski definition) is 0. The Bertz CT molecular complexity index is 1770. The summed E-state index contributed by atoms with van der Waals surface area (Å²) in [5, 5.41) is 2.31. The van der Waals surface area contributed by atoms with Gasteiger partial charge in [0, 0.05) is 28.3 Å². The van der Waals surface area contributed by atoms with E-state index in [1.807, 2.05) is 0 Å². The number of thiazole rings is 1. The summed E-state index contributed by atoms with van der Waals surface area (Å²) in [4.78, 5) is 37.7. The first-order valence-corrected chi connectivity index (χ1v) is 14.3.